The number of benzene rings is 2. The maximum absolute atomic E-state index is 12.7. The van der Waals surface area contributed by atoms with Gasteiger partial charge in [-0.15, -0.1) is 0 Å². The molecule has 0 unspecified atom stereocenters. The number of hydrogen-bond acceptors (Lipinski definition) is 4. The highest BCUT2D eigenvalue weighted by atomic mass is 32.2. The van der Waals surface area contributed by atoms with Crippen LogP contribution < -0.4 is 15.6 Å². The highest BCUT2D eigenvalue weighted by Gasteiger charge is 2.15. The second-order valence-corrected chi connectivity index (χ2v) is 5.30. The normalized spacial score (nSPS) is 11.3. The van der Waals surface area contributed by atoms with E-state index in [4.69, 9.17) is 15.6 Å². The molecular weight excluding hydrogens is 271 g/mol. The van der Waals surface area contributed by atoms with Crippen molar-refractivity contribution >= 4 is 15.7 Å². The largest absolute Gasteiger partial charge is 0.455 e. The monoisotopic (exact) mass is 282 g/mol. The average molecular weight is 282 g/mol. The van der Waals surface area contributed by atoms with E-state index < -0.39 is 15.8 Å². The van der Waals surface area contributed by atoms with Gasteiger partial charge in [-0.1, -0.05) is 6.07 Å². The zero-order valence-electron chi connectivity index (χ0n) is 9.71. The molecule has 0 aromatic heterocycles. The van der Waals surface area contributed by atoms with Gasteiger partial charge in [0, 0.05) is 0 Å². The van der Waals surface area contributed by atoms with Crippen molar-refractivity contribution in [1.82, 2.24) is 0 Å². The molecule has 2 rings (SSSR count). The average Bonchev–Trinajstić information content (AvgIpc) is 2.33. The van der Waals surface area contributed by atoms with Crippen molar-refractivity contribution < 1.29 is 17.5 Å². The highest BCUT2D eigenvalue weighted by Crippen LogP contribution is 2.31. The van der Waals surface area contributed by atoms with Gasteiger partial charge in [-0.3, -0.25) is 0 Å². The number of nitrogens with two attached hydrogens (primary N) is 2. The van der Waals surface area contributed by atoms with Crippen LogP contribution in [0.25, 0.3) is 0 Å². The van der Waals surface area contributed by atoms with Gasteiger partial charge in [-0.05, 0) is 36.4 Å². The molecule has 0 fully saturated rings. The summed E-state index contributed by atoms with van der Waals surface area (Å²) in [7, 11) is -3.92. The maximum Gasteiger partial charge on any atom is 0.240 e. The number of para-hydroxylation sites is 1. The standard InChI is InChI=1S/C12H11FN2O3S/c13-8-4-6-9(7-5-8)18-10-2-1-3-11(12(10)14)19(15,16)17/h1-7H,14H2,(H2,15,16,17). The third-order valence-corrected chi connectivity index (χ3v) is 3.34. The van der Waals surface area contributed by atoms with Crippen LogP contribution in [0.3, 0.4) is 0 Å². The molecular formula is C12H11FN2O3S. The molecule has 0 atom stereocenters. The van der Waals surface area contributed by atoms with Crippen molar-refractivity contribution in [2.24, 2.45) is 5.14 Å². The van der Waals surface area contributed by atoms with Crippen LogP contribution in [0.15, 0.2) is 47.4 Å². The summed E-state index contributed by atoms with van der Waals surface area (Å²) in [5, 5.41) is 5.03. The number of halogens is 1. The zero-order valence-corrected chi connectivity index (χ0v) is 10.5. The van der Waals surface area contributed by atoms with Crippen LogP contribution in [0.2, 0.25) is 0 Å². The summed E-state index contributed by atoms with van der Waals surface area (Å²) in [6.45, 7) is 0. The topological polar surface area (TPSA) is 95.4 Å². The summed E-state index contributed by atoms with van der Waals surface area (Å²) in [6.07, 6.45) is 0. The lowest BCUT2D eigenvalue weighted by atomic mass is 10.3. The lowest BCUT2D eigenvalue weighted by molar-refractivity contribution is 0.481. The first kappa shape index (κ1) is 13.3. The zero-order chi connectivity index (χ0) is 14.0. The van der Waals surface area contributed by atoms with E-state index in [1.807, 2.05) is 0 Å². The van der Waals surface area contributed by atoms with Gasteiger partial charge >= 0.3 is 0 Å². The number of anilines is 1. The SMILES string of the molecule is Nc1c(Oc2ccc(F)cc2)cccc1S(N)(=O)=O. The Morgan fingerprint density at radius 3 is 2.26 bits per heavy atom. The fraction of sp³-hybridized carbons (Fsp3) is 0. The Labute approximate surface area is 109 Å². The summed E-state index contributed by atoms with van der Waals surface area (Å²) in [5.41, 5.74) is 5.60. The first-order valence-corrected chi connectivity index (χ1v) is 6.77. The van der Waals surface area contributed by atoms with Gasteiger partial charge in [0.25, 0.3) is 0 Å². The summed E-state index contributed by atoms with van der Waals surface area (Å²) in [4.78, 5) is -0.216. The van der Waals surface area contributed by atoms with Gasteiger partial charge in [-0.2, -0.15) is 0 Å². The number of hydrogen-bond donors (Lipinski definition) is 2. The van der Waals surface area contributed by atoms with Gasteiger partial charge in [0.2, 0.25) is 10.0 Å². The number of sulfonamides is 1. The van der Waals surface area contributed by atoms with Gasteiger partial charge in [0.1, 0.15) is 16.5 Å². The summed E-state index contributed by atoms with van der Waals surface area (Å²) < 4.78 is 40.7. The summed E-state index contributed by atoms with van der Waals surface area (Å²) in [5.74, 6) is 0.0661. The molecule has 0 spiro atoms. The number of ether oxygens (including phenoxy) is 1. The van der Waals surface area contributed by atoms with Crippen LogP contribution in [-0.4, -0.2) is 8.42 Å². The number of primary sulfonamides is 1. The predicted octanol–water partition coefficient (Wildman–Crippen LogP) is 1.85. The summed E-state index contributed by atoms with van der Waals surface area (Å²) >= 11 is 0. The third kappa shape index (κ3) is 3.01. The summed E-state index contributed by atoms with van der Waals surface area (Å²) in [6, 6.07) is 9.46. The molecule has 0 saturated heterocycles. The van der Waals surface area contributed by atoms with Crippen LogP contribution in [0.1, 0.15) is 0 Å². The van der Waals surface area contributed by atoms with Crippen molar-refractivity contribution in [3.63, 3.8) is 0 Å². The number of rotatable bonds is 3. The fourth-order valence-corrected chi connectivity index (χ4v) is 2.17. The fourth-order valence-electron chi connectivity index (χ4n) is 1.49. The molecule has 7 heteroatoms. The van der Waals surface area contributed by atoms with Crippen molar-refractivity contribution in [3.8, 4) is 11.5 Å². The Balaban J connectivity index is 2.39. The Kier molecular flexibility index (Phi) is 3.41. The highest BCUT2D eigenvalue weighted by molar-refractivity contribution is 7.89. The van der Waals surface area contributed by atoms with E-state index >= 15 is 0 Å². The van der Waals surface area contributed by atoms with Crippen molar-refractivity contribution in [2.75, 3.05) is 5.73 Å². The molecule has 19 heavy (non-hydrogen) atoms. The lowest BCUT2D eigenvalue weighted by Crippen LogP contribution is -2.14. The van der Waals surface area contributed by atoms with Crippen LogP contribution >= 0.6 is 0 Å². The third-order valence-electron chi connectivity index (χ3n) is 2.37. The molecule has 0 aliphatic carbocycles. The van der Waals surface area contributed by atoms with Gasteiger partial charge in [0.05, 0.1) is 5.69 Å². The van der Waals surface area contributed by atoms with E-state index in [0.29, 0.717) is 5.75 Å². The van der Waals surface area contributed by atoms with E-state index in [2.05, 4.69) is 0 Å². The first-order valence-electron chi connectivity index (χ1n) is 5.22. The molecule has 0 aliphatic rings. The smallest absolute Gasteiger partial charge is 0.240 e. The van der Waals surface area contributed by atoms with E-state index in [1.54, 1.807) is 0 Å². The van der Waals surface area contributed by atoms with Crippen LogP contribution in [0, 0.1) is 5.82 Å². The van der Waals surface area contributed by atoms with Gasteiger partial charge in [0.15, 0.2) is 5.75 Å². The van der Waals surface area contributed by atoms with E-state index in [-0.39, 0.29) is 16.3 Å². The van der Waals surface area contributed by atoms with Crippen LogP contribution in [0.5, 0.6) is 11.5 Å². The van der Waals surface area contributed by atoms with Crippen LogP contribution in [0.4, 0.5) is 10.1 Å². The maximum atomic E-state index is 12.7. The lowest BCUT2D eigenvalue weighted by Gasteiger charge is -2.10. The van der Waals surface area contributed by atoms with Crippen molar-refractivity contribution in [2.45, 2.75) is 4.90 Å². The molecule has 0 radical (unpaired) electrons. The second kappa shape index (κ2) is 4.87. The molecule has 0 saturated carbocycles. The predicted molar refractivity (Wildman–Crippen MR) is 68.7 cm³/mol. The minimum Gasteiger partial charge on any atom is -0.455 e. The molecule has 4 N–H and O–H groups in total. The van der Waals surface area contributed by atoms with E-state index in [1.165, 1.54) is 42.5 Å². The molecule has 0 bridgehead atoms. The van der Waals surface area contributed by atoms with Crippen LogP contribution in [-0.2, 0) is 10.0 Å². The van der Waals surface area contributed by atoms with Crippen molar-refractivity contribution in [1.29, 1.82) is 0 Å². The Morgan fingerprint density at radius 1 is 1.05 bits per heavy atom. The Morgan fingerprint density at radius 2 is 1.68 bits per heavy atom. The Hall–Kier alpha value is -2.12. The molecule has 100 valence electrons. The molecule has 0 amide bonds. The molecule has 0 heterocycles. The quantitative estimate of drug-likeness (QED) is 0.840. The molecule has 2 aromatic rings. The molecule has 5 nitrogen and oxygen atoms in total. The van der Waals surface area contributed by atoms with Gasteiger partial charge in [-0.25, -0.2) is 17.9 Å². The molecule has 0 aliphatic heterocycles. The number of nitrogen functional groups attached to an aromatic ring is 1. The van der Waals surface area contributed by atoms with E-state index in [9.17, 15) is 12.8 Å². The minimum atomic E-state index is -3.92. The molecule has 2 aromatic carbocycles. The van der Waals surface area contributed by atoms with Gasteiger partial charge < -0.3 is 10.5 Å². The minimum absolute atomic E-state index is 0.0886. The Bertz CT molecular complexity index is 699. The second-order valence-electron chi connectivity index (χ2n) is 3.77. The van der Waals surface area contributed by atoms with Crippen molar-refractivity contribution in [3.05, 3.63) is 48.3 Å². The first-order chi connectivity index (χ1) is 8.88. The van der Waals surface area contributed by atoms with E-state index in [0.717, 1.165) is 0 Å².